The maximum Gasteiger partial charge on any atom is 0.277 e. The molecule has 0 fully saturated rings. The third-order valence-corrected chi connectivity index (χ3v) is 4.51. The molecule has 34 heavy (non-hydrogen) atoms. The number of ether oxygens (including phenoxy) is 2. The number of para-hydroxylation sites is 3. The largest absolute Gasteiger partial charge is 0.490 e. The van der Waals surface area contributed by atoms with E-state index in [-0.39, 0.29) is 17.3 Å². The zero-order valence-corrected chi connectivity index (χ0v) is 18.3. The van der Waals surface area contributed by atoms with Gasteiger partial charge in [-0.3, -0.25) is 30.3 Å². The summed E-state index contributed by atoms with van der Waals surface area (Å²) in [4.78, 5) is 32.9. The minimum Gasteiger partial charge on any atom is -0.490 e. The van der Waals surface area contributed by atoms with E-state index in [1.54, 1.807) is 24.3 Å². The average Bonchev–Trinajstić information content (AvgIpc) is 2.83. The Morgan fingerprint density at radius 2 is 1.44 bits per heavy atom. The molecule has 3 aromatic carbocycles. The highest BCUT2D eigenvalue weighted by atomic mass is 32.1. The van der Waals surface area contributed by atoms with Crippen molar-refractivity contribution >= 4 is 40.3 Å². The van der Waals surface area contributed by atoms with Crippen molar-refractivity contribution in [3.05, 3.63) is 98.6 Å². The van der Waals surface area contributed by atoms with E-state index < -0.39 is 27.1 Å². The highest BCUT2D eigenvalue weighted by Gasteiger charge is 2.20. The Morgan fingerprint density at radius 3 is 2.09 bits per heavy atom. The number of non-ortho nitro benzene ring substituents is 2. The van der Waals surface area contributed by atoms with Crippen LogP contribution in [0.3, 0.4) is 0 Å². The molecule has 0 bridgehead atoms. The van der Waals surface area contributed by atoms with Crippen LogP contribution in [-0.4, -0.2) is 34.1 Å². The molecule has 174 valence electrons. The zero-order chi connectivity index (χ0) is 24.5. The number of hydrogen-bond donors (Lipinski definition) is 2. The molecule has 3 aromatic rings. The van der Waals surface area contributed by atoms with Gasteiger partial charge in [-0.25, -0.2) is 0 Å². The maximum absolute atomic E-state index is 12.5. The van der Waals surface area contributed by atoms with Gasteiger partial charge >= 0.3 is 0 Å². The average molecular weight is 482 g/mol. The molecule has 2 N–H and O–H groups in total. The number of nitro groups is 2. The summed E-state index contributed by atoms with van der Waals surface area (Å²) in [6.07, 6.45) is 0. The smallest absolute Gasteiger partial charge is 0.277 e. The van der Waals surface area contributed by atoms with Crippen molar-refractivity contribution in [2.75, 3.05) is 18.5 Å². The first-order chi connectivity index (χ1) is 16.3. The molecule has 0 heterocycles. The van der Waals surface area contributed by atoms with Gasteiger partial charge in [0, 0.05) is 12.1 Å². The van der Waals surface area contributed by atoms with Crippen LogP contribution in [0.2, 0.25) is 0 Å². The predicted molar refractivity (Wildman–Crippen MR) is 127 cm³/mol. The molecule has 0 atom stereocenters. The van der Waals surface area contributed by atoms with E-state index in [2.05, 4.69) is 10.6 Å². The van der Waals surface area contributed by atoms with Crippen molar-refractivity contribution in [3.8, 4) is 11.5 Å². The Hall–Kier alpha value is -4.58. The Morgan fingerprint density at radius 1 is 0.853 bits per heavy atom. The molecule has 11 nitrogen and oxygen atoms in total. The molecule has 0 spiro atoms. The SMILES string of the molecule is O=C(NC(=S)Nc1ccccc1OCCOc1ccccc1)c1cc([N+](=O)[O-])cc([N+](=O)[O-])c1. The topological polar surface area (TPSA) is 146 Å². The first-order valence-electron chi connectivity index (χ1n) is 9.79. The predicted octanol–water partition coefficient (Wildman–Crippen LogP) is 4.09. The van der Waals surface area contributed by atoms with Gasteiger partial charge in [-0.05, 0) is 36.5 Å². The van der Waals surface area contributed by atoms with Crippen LogP contribution in [0, 0.1) is 20.2 Å². The highest BCUT2D eigenvalue weighted by Crippen LogP contribution is 2.25. The van der Waals surface area contributed by atoms with E-state index in [9.17, 15) is 25.0 Å². The monoisotopic (exact) mass is 482 g/mol. The van der Waals surface area contributed by atoms with E-state index in [4.69, 9.17) is 21.7 Å². The standard InChI is InChI=1S/C22H18N4O7S/c27-21(15-12-16(25(28)29)14-17(13-15)26(30)31)24-22(34)23-19-8-4-5-9-20(19)33-11-10-32-18-6-2-1-3-7-18/h1-9,12-14H,10-11H2,(H2,23,24,27,34). The molecule has 0 saturated carbocycles. The van der Waals surface area contributed by atoms with Crippen LogP contribution in [0.5, 0.6) is 11.5 Å². The van der Waals surface area contributed by atoms with Gasteiger partial charge in [0.05, 0.1) is 27.2 Å². The molecule has 1 amide bonds. The third-order valence-electron chi connectivity index (χ3n) is 4.30. The normalized spacial score (nSPS) is 10.1. The van der Waals surface area contributed by atoms with Crippen molar-refractivity contribution in [1.29, 1.82) is 0 Å². The summed E-state index contributed by atoms with van der Waals surface area (Å²) in [6, 6.07) is 18.7. The number of anilines is 1. The summed E-state index contributed by atoms with van der Waals surface area (Å²) in [6.45, 7) is 0.537. The summed E-state index contributed by atoms with van der Waals surface area (Å²) in [5, 5.41) is 27.1. The number of nitrogens with zero attached hydrogens (tertiary/aromatic N) is 2. The van der Waals surface area contributed by atoms with Crippen LogP contribution >= 0.6 is 12.2 Å². The zero-order valence-electron chi connectivity index (χ0n) is 17.5. The number of rotatable bonds is 9. The first-order valence-corrected chi connectivity index (χ1v) is 10.2. The van der Waals surface area contributed by atoms with Gasteiger partial charge in [0.2, 0.25) is 0 Å². The van der Waals surface area contributed by atoms with Gasteiger partial charge in [0.25, 0.3) is 17.3 Å². The van der Waals surface area contributed by atoms with E-state index in [1.807, 2.05) is 30.3 Å². The Kier molecular flexibility index (Phi) is 8.02. The lowest BCUT2D eigenvalue weighted by Crippen LogP contribution is -2.34. The number of hydrogen-bond acceptors (Lipinski definition) is 8. The number of thiocarbonyl (C=S) groups is 1. The van der Waals surface area contributed by atoms with E-state index in [0.717, 1.165) is 18.2 Å². The molecule has 0 radical (unpaired) electrons. The Labute approximate surface area is 198 Å². The van der Waals surface area contributed by atoms with Crippen LogP contribution in [0.25, 0.3) is 0 Å². The fourth-order valence-corrected chi connectivity index (χ4v) is 2.99. The molecule has 0 unspecified atom stereocenters. The fourth-order valence-electron chi connectivity index (χ4n) is 2.79. The molecular formula is C22H18N4O7S. The molecule has 12 heteroatoms. The fraction of sp³-hybridized carbons (Fsp3) is 0.0909. The number of amides is 1. The highest BCUT2D eigenvalue weighted by molar-refractivity contribution is 7.80. The first kappa shape index (κ1) is 24.1. The minimum atomic E-state index is -0.848. The summed E-state index contributed by atoms with van der Waals surface area (Å²) < 4.78 is 11.3. The van der Waals surface area contributed by atoms with Gasteiger partial charge < -0.3 is 14.8 Å². The van der Waals surface area contributed by atoms with E-state index >= 15 is 0 Å². The van der Waals surface area contributed by atoms with E-state index in [1.165, 1.54) is 0 Å². The quantitative estimate of drug-likeness (QED) is 0.199. The van der Waals surface area contributed by atoms with Crippen LogP contribution in [0.1, 0.15) is 10.4 Å². The molecule has 0 aliphatic carbocycles. The molecule has 0 aliphatic heterocycles. The van der Waals surface area contributed by atoms with Crippen LogP contribution in [0.15, 0.2) is 72.8 Å². The Balaban J connectivity index is 1.61. The Bertz CT molecular complexity index is 1190. The second-order valence-corrected chi connectivity index (χ2v) is 7.07. The maximum atomic E-state index is 12.5. The third kappa shape index (κ3) is 6.71. The van der Waals surface area contributed by atoms with Crippen molar-refractivity contribution in [2.45, 2.75) is 0 Å². The van der Waals surface area contributed by atoms with Crippen LogP contribution in [-0.2, 0) is 0 Å². The van der Waals surface area contributed by atoms with Gasteiger partial charge in [-0.1, -0.05) is 30.3 Å². The number of carbonyl (C=O) groups excluding carboxylic acids is 1. The molecule has 3 rings (SSSR count). The molecular weight excluding hydrogens is 464 g/mol. The van der Waals surface area contributed by atoms with Gasteiger partial charge in [-0.2, -0.15) is 0 Å². The van der Waals surface area contributed by atoms with Gasteiger partial charge in [0.15, 0.2) is 5.11 Å². The number of benzene rings is 3. The lowest BCUT2D eigenvalue weighted by Gasteiger charge is -2.14. The summed E-state index contributed by atoms with van der Waals surface area (Å²) in [5.74, 6) is 0.309. The number of nitrogens with one attached hydrogen (secondary N) is 2. The van der Waals surface area contributed by atoms with Crippen molar-refractivity contribution < 1.29 is 24.1 Å². The second-order valence-electron chi connectivity index (χ2n) is 6.67. The van der Waals surface area contributed by atoms with Crippen molar-refractivity contribution in [3.63, 3.8) is 0 Å². The van der Waals surface area contributed by atoms with Gasteiger partial charge in [-0.15, -0.1) is 0 Å². The summed E-state index contributed by atoms with van der Waals surface area (Å²) >= 11 is 5.15. The number of carbonyl (C=O) groups is 1. The number of nitro benzene ring substituents is 2. The summed E-state index contributed by atoms with van der Waals surface area (Å²) in [7, 11) is 0. The lowest BCUT2D eigenvalue weighted by molar-refractivity contribution is -0.394. The van der Waals surface area contributed by atoms with Crippen molar-refractivity contribution in [1.82, 2.24) is 5.32 Å². The lowest BCUT2D eigenvalue weighted by atomic mass is 10.1. The molecule has 0 aromatic heterocycles. The molecule has 0 aliphatic rings. The molecule has 0 saturated heterocycles. The van der Waals surface area contributed by atoms with Crippen LogP contribution < -0.4 is 20.1 Å². The van der Waals surface area contributed by atoms with Gasteiger partial charge in [0.1, 0.15) is 24.7 Å². The summed E-state index contributed by atoms with van der Waals surface area (Å²) in [5.41, 5.74) is -1.01. The van der Waals surface area contributed by atoms with Crippen molar-refractivity contribution in [2.24, 2.45) is 0 Å². The van der Waals surface area contributed by atoms with E-state index in [0.29, 0.717) is 23.8 Å². The second kappa shape index (κ2) is 11.3. The van der Waals surface area contributed by atoms with Crippen LogP contribution in [0.4, 0.5) is 17.1 Å². The minimum absolute atomic E-state index is 0.129.